The van der Waals surface area contributed by atoms with Gasteiger partial charge >= 0.3 is 0 Å². The molecule has 4 nitrogen and oxygen atoms in total. The first-order valence-electron chi connectivity index (χ1n) is 9.59. The van der Waals surface area contributed by atoms with Crippen molar-refractivity contribution >= 4 is 38.6 Å². The Kier molecular flexibility index (Phi) is 4.59. The molecule has 3 aromatic rings. The molecule has 0 fully saturated rings. The van der Waals surface area contributed by atoms with Crippen LogP contribution in [0, 0.1) is 0 Å². The van der Waals surface area contributed by atoms with Crippen molar-refractivity contribution < 1.29 is 14.0 Å². The molecule has 5 rings (SSSR count). The highest BCUT2D eigenvalue weighted by atomic mass is 79.9. The van der Waals surface area contributed by atoms with Gasteiger partial charge in [-0.25, -0.2) is 4.39 Å². The standard InChI is InChI=1S/C24H16BrFN2O2/c25-20-10-4-6-14-11-16(21(27-22(14)20)15-5-3-7-17(26)12-15)13-28-23(29)18-8-1-2-9-19(18)24(28)30/h1-11,15H,12-13H2. The van der Waals surface area contributed by atoms with Crippen molar-refractivity contribution in [2.75, 3.05) is 0 Å². The molecule has 0 saturated carbocycles. The summed E-state index contributed by atoms with van der Waals surface area (Å²) in [5.41, 5.74) is 2.99. The van der Waals surface area contributed by atoms with Crippen LogP contribution in [0.4, 0.5) is 4.39 Å². The normalized spacial score (nSPS) is 18.1. The second kappa shape index (κ2) is 7.29. The molecule has 0 radical (unpaired) electrons. The van der Waals surface area contributed by atoms with Crippen molar-refractivity contribution in [1.82, 2.24) is 9.88 Å². The van der Waals surface area contributed by atoms with Crippen molar-refractivity contribution in [3.8, 4) is 0 Å². The highest BCUT2D eigenvalue weighted by Gasteiger charge is 2.36. The molecule has 1 aromatic heterocycles. The molecular formula is C24H16BrFN2O2. The van der Waals surface area contributed by atoms with Crippen LogP contribution in [-0.4, -0.2) is 21.7 Å². The number of carbonyl (C=O) groups is 2. The van der Waals surface area contributed by atoms with Crippen LogP contribution < -0.4 is 0 Å². The van der Waals surface area contributed by atoms with Crippen LogP contribution in [0.5, 0.6) is 0 Å². The third-order valence-corrected chi connectivity index (χ3v) is 6.14. The summed E-state index contributed by atoms with van der Waals surface area (Å²) in [5.74, 6) is -1.12. The number of para-hydroxylation sites is 1. The van der Waals surface area contributed by atoms with Crippen molar-refractivity contribution in [2.24, 2.45) is 0 Å². The third kappa shape index (κ3) is 3.08. The van der Waals surface area contributed by atoms with E-state index in [0.29, 0.717) is 16.8 Å². The minimum atomic E-state index is -0.318. The summed E-state index contributed by atoms with van der Waals surface area (Å²) in [4.78, 5) is 31.8. The van der Waals surface area contributed by atoms with Crippen LogP contribution in [0.1, 0.15) is 44.3 Å². The lowest BCUT2D eigenvalue weighted by Gasteiger charge is -2.22. The number of hydrogen-bond acceptors (Lipinski definition) is 3. The summed E-state index contributed by atoms with van der Waals surface area (Å²) in [6, 6.07) is 14.5. The molecule has 6 heteroatoms. The predicted molar refractivity (Wildman–Crippen MR) is 116 cm³/mol. The maximum absolute atomic E-state index is 14.0. The molecule has 0 saturated heterocycles. The first-order valence-corrected chi connectivity index (χ1v) is 10.4. The second-order valence-corrected chi connectivity index (χ2v) is 8.25. The largest absolute Gasteiger partial charge is 0.270 e. The van der Waals surface area contributed by atoms with Gasteiger partial charge in [0, 0.05) is 22.2 Å². The Bertz CT molecular complexity index is 1250. The molecule has 1 atom stereocenters. The molecule has 1 unspecified atom stereocenters. The van der Waals surface area contributed by atoms with Crippen LogP contribution in [0.25, 0.3) is 10.9 Å². The number of amides is 2. The first kappa shape index (κ1) is 18.9. The van der Waals surface area contributed by atoms with Crippen LogP contribution >= 0.6 is 15.9 Å². The van der Waals surface area contributed by atoms with Gasteiger partial charge in [-0.15, -0.1) is 0 Å². The number of halogens is 2. The monoisotopic (exact) mass is 462 g/mol. The van der Waals surface area contributed by atoms with Crippen molar-refractivity contribution in [2.45, 2.75) is 18.9 Å². The van der Waals surface area contributed by atoms with E-state index in [-0.39, 0.29) is 36.5 Å². The summed E-state index contributed by atoms with van der Waals surface area (Å²) in [7, 11) is 0. The number of rotatable bonds is 3. The smallest absolute Gasteiger partial charge is 0.261 e. The molecule has 148 valence electrons. The van der Waals surface area contributed by atoms with Crippen LogP contribution in [0.15, 0.2) is 77.1 Å². The Morgan fingerprint density at radius 3 is 2.50 bits per heavy atom. The Balaban J connectivity index is 1.61. The summed E-state index contributed by atoms with van der Waals surface area (Å²) < 4.78 is 14.8. The fourth-order valence-electron chi connectivity index (χ4n) is 4.05. The number of aromatic nitrogens is 1. The predicted octanol–water partition coefficient (Wildman–Crippen LogP) is 5.69. The summed E-state index contributed by atoms with van der Waals surface area (Å²) in [5, 5.41) is 0.885. The van der Waals surface area contributed by atoms with E-state index < -0.39 is 0 Å². The zero-order chi connectivity index (χ0) is 20.8. The lowest BCUT2D eigenvalue weighted by atomic mass is 9.92. The first-order chi connectivity index (χ1) is 14.5. The second-order valence-electron chi connectivity index (χ2n) is 7.40. The Labute approximate surface area is 180 Å². The Hall–Kier alpha value is -3.12. The average Bonchev–Trinajstić information content (AvgIpc) is 2.99. The van der Waals surface area contributed by atoms with Crippen molar-refractivity contribution in [3.05, 3.63) is 99.4 Å². The summed E-state index contributed by atoms with van der Waals surface area (Å²) in [6.45, 7) is 0.0901. The number of carbonyl (C=O) groups excluding carboxylic acids is 2. The quantitative estimate of drug-likeness (QED) is 0.469. The molecule has 0 bridgehead atoms. The van der Waals surface area contributed by atoms with E-state index in [4.69, 9.17) is 4.98 Å². The number of pyridine rings is 1. The fraction of sp³-hybridized carbons (Fsp3) is 0.125. The maximum atomic E-state index is 14.0. The molecule has 2 amide bonds. The van der Waals surface area contributed by atoms with Gasteiger partial charge in [-0.2, -0.15) is 0 Å². The van der Waals surface area contributed by atoms with E-state index in [0.717, 1.165) is 20.9 Å². The fourth-order valence-corrected chi connectivity index (χ4v) is 4.52. The lowest BCUT2D eigenvalue weighted by Crippen LogP contribution is -2.30. The van der Waals surface area contributed by atoms with Crippen LogP contribution in [0.2, 0.25) is 0 Å². The van der Waals surface area contributed by atoms with E-state index in [9.17, 15) is 14.0 Å². The third-order valence-electron chi connectivity index (χ3n) is 5.50. The van der Waals surface area contributed by atoms with Gasteiger partial charge in [-0.05, 0) is 51.8 Å². The van der Waals surface area contributed by atoms with Gasteiger partial charge < -0.3 is 0 Å². The zero-order valence-electron chi connectivity index (χ0n) is 15.8. The van der Waals surface area contributed by atoms with Crippen LogP contribution in [-0.2, 0) is 6.54 Å². The van der Waals surface area contributed by atoms with Gasteiger partial charge in [-0.3, -0.25) is 19.5 Å². The van der Waals surface area contributed by atoms with Gasteiger partial charge in [0.2, 0.25) is 0 Å². The van der Waals surface area contributed by atoms with Crippen molar-refractivity contribution in [1.29, 1.82) is 0 Å². The molecule has 1 aliphatic heterocycles. The SMILES string of the molecule is O=C1c2ccccc2C(=O)N1Cc1cc2cccc(Br)c2nc1C1C=CC=C(F)C1. The number of fused-ring (bicyclic) bond motifs is 2. The number of imide groups is 1. The van der Waals surface area contributed by atoms with E-state index in [1.807, 2.05) is 30.3 Å². The zero-order valence-corrected chi connectivity index (χ0v) is 17.4. The Morgan fingerprint density at radius 2 is 1.80 bits per heavy atom. The lowest BCUT2D eigenvalue weighted by molar-refractivity contribution is 0.0641. The molecule has 2 aliphatic rings. The Morgan fingerprint density at radius 1 is 1.07 bits per heavy atom. The molecule has 0 N–H and O–H groups in total. The van der Waals surface area contributed by atoms with Gasteiger partial charge in [0.25, 0.3) is 11.8 Å². The highest BCUT2D eigenvalue weighted by Crippen LogP contribution is 2.35. The highest BCUT2D eigenvalue weighted by molar-refractivity contribution is 9.10. The van der Waals surface area contributed by atoms with Gasteiger partial charge in [0.15, 0.2) is 0 Å². The number of allylic oxidation sites excluding steroid dienone is 4. The molecular weight excluding hydrogens is 447 g/mol. The van der Waals surface area contributed by atoms with Gasteiger partial charge in [-0.1, -0.05) is 36.4 Å². The van der Waals surface area contributed by atoms with Gasteiger partial charge in [0.05, 0.1) is 28.9 Å². The van der Waals surface area contributed by atoms with Gasteiger partial charge in [0.1, 0.15) is 5.83 Å². The minimum absolute atomic E-state index is 0.0901. The van der Waals surface area contributed by atoms with Crippen LogP contribution in [0.3, 0.4) is 0 Å². The van der Waals surface area contributed by atoms with E-state index in [1.165, 1.54) is 11.0 Å². The summed E-state index contributed by atoms with van der Waals surface area (Å²) in [6.07, 6.45) is 5.23. The van der Waals surface area contributed by atoms with E-state index in [2.05, 4.69) is 15.9 Å². The minimum Gasteiger partial charge on any atom is -0.270 e. The van der Waals surface area contributed by atoms with Crippen molar-refractivity contribution in [3.63, 3.8) is 0 Å². The molecule has 2 aromatic carbocycles. The molecule has 30 heavy (non-hydrogen) atoms. The number of hydrogen-bond donors (Lipinski definition) is 0. The van der Waals surface area contributed by atoms with E-state index >= 15 is 0 Å². The molecule has 2 heterocycles. The molecule has 1 aliphatic carbocycles. The molecule has 0 spiro atoms. The number of benzene rings is 2. The van der Waals surface area contributed by atoms with E-state index in [1.54, 1.807) is 30.3 Å². The average molecular weight is 463 g/mol. The summed E-state index contributed by atoms with van der Waals surface area (Å²) >= 11 is 3.53. The maximum Gasteiger partial charge on any atom is 0.261 e. The number of nitrogens with zero attached hydrogens (tertiary/aromatic N) is 2. The topological polar surface area (TPSA) is 50.3 Å².